The van der Waals surface area contributed by atoms with E-state index in [1.807, 2.05) is 45.9 Å². The van der Waals surface area contributed by atoms with Crippen LogP contribution >= 0.6 is 0 Å². The van der Waals surface area contributed by atoms with Crippen molar-refractivity contribution in [2.45, 2.75) is 27.7 Å². The second-order valence-electron chi connectivity index (χ2n) is 6.74. The van der Waals surface area contributed by atoms with Gasteiger partial charge in [0.2, 0.25) is 0 Å². The predicted octanol–water partition coefficient (Wildman–Crippen LogP) is 3.18. The molecule has 2 rings (SSSR count). The Morgan fingerprint density at radius 3 is 2.30 bits per heavy atom. The summed E-state index contributed by atoms with van der Waals surface area (Å²) in [7, 11) is 0. The summed E-state index contributed by atoms with van der Waals surface area (Å²) in [5.41, 5.74) is 7.03. The normalized spacial score (nSPS) is 10.4. The molecule has 0 aromatic heterocycles. The van der Waals surface area contributed by atoms with E-state index in [4.69, 9.17) is 9.47 Å². The molecular formula is C21H26N2O4. The molecule has 2 aromatic rings. The number of carbonyl (C=O) groups excluding carboxylic acids is 2. The SMILES string of the molecule is Cc1cccc(C)c1OCC(=O)NNC(=O)c1cccc(OCC(C)C)c1. The molecular weight excluding hydrogens is 344 g/mol. The zero-order chi connectivity index (χ0) is 19.8. The molecule has 2 aromatic carbocycles. The zero-order valence-corrected chi connectivity index (χ0v) is 16.2. The monoisotopic (exact) mass is 370 g/mol. The Bertz CT molecular complexity index is 782. The summed E-state index contributed by atoms with van der Waals surface area (Å²) in [5, 5.41) is 0. The number of ether oxygens (including phenoxy) is 2. The number of benzene rings is 2. The van der Waals surface area contributed by atoms with Crippen molar-refractivity contribution in [2.75, 3.05) is 13.2 Å². The van der Waals surface area contributed by atoms with Gasteiger partial charge in [0.05, 0.1) is 6.61 Å². The molecule has 0 aliphatic heterocycles. The van der Waals surface area contributed by atoms with Crippen LogP contribution in [0.4, 0.5) is 0 Å². The average Bonchev–Trinajstić information content (AvgIpc) is 2.64. The van der Waals surface area contributed by atoms with E-state index in [1.165, 1.54) is 0 Å². The summed E-state index contributed by atoms with van der Waals surface area (Å²) < 4.78 is 11.2. The van der Waals surface area contributed by atoms with Crippen LogP contribution in [0.15, 0.2) is 42.5 Å². The molecule has 2 N–H and O–H groups in total. The third kappa shape index (κ3) is 6.33. The lowest BCUT2D eigenvalue weighted by molar-refractivity contribution is -0.123. The van der Waals surface area contributed by atoms with E-state index in [2.05, 4.69) is 10.9 Å². The molecule has 0 saturated heterocycles. The summed E-state index contributed by atoms with van der Waals surface area (Å²) in [5.74, 6) is 0.803. The van der Waals surface area contributed by atoms with E-state index in [0.717, 1.165) is 11.1 Å². The Hall–Kier alpha value is -3.02. The number of hydrazine groups is 1. The molecule has 0 aliphatic carbocycles. The van der Waals surface area contributed by atoms with Crippen molar-refractivity contribution in [3.63, 3.8) is 0 Å². The van der Waals surface area contributed by atoms with Crippen molar-refractivity contribution in [3.05, 3.63) is 59.2 Å². The first kappa shape index (κ1) is 20.3. The molecule has 0 unspecified atom stereocenters. The third-order valence-corrected chi connectivity index (χ3v) is 3.75. The van der Waals surface area contributed by atoms with Gasteiger partial charge in [-0.25, -0.2) is 0 Å². The molecule has 6 heteroatoms. The van der Waals surface area contributed by atoms with Crippen molar-refractivity contribution in [1.82, 2.24) is 10.9 Å². The smallest absolute Gasteiger partial charge is 0.276 e. The average molecular weight is 370 g/mol. The molecule has 0 bridgehead atoms. The predicted molar refractivity (Wildman–Crippen MR) is 104 cm³/mol. The van der Waals surface area contributed by atoms with Gasteiger partial charge in [-0.1, -0.05) is 38.1 Å². The van der Waals surface area contributed by atoms with Gasteiger partial charge in [-0.3, -0.25) is 20.4 Å². The number of amides is 2. The molecule has 0 aliphatic rings. The molecule has 0 fully saturated rings. The maximum atomic E-state index is 12.2. The van der Waals surface area contributed by atoms with Crippen molar-refractivity contribution in [3.8, 4) is 11.5 Å². The Morgan fingerprint density at radius 1 is 0.963 bits per heavy atom. The van der Waals surface area contributed by atoms with E-state index < -0.39 is 11.8 Å². The third-order valence-electron chi connectivity index (χ3n) is 3.75. The van der Waals surface area contributed by atoms with Gasteiger partial charge < -0.3 is 9.47 Å². The van der Waals surface area contributed by atoms with Crippen LogP contribution in [0.5, 0.6) is 11.5 Å². The summed E-state index contributed by atoms with van der Waals surface area (Å²) in [6, 6.07) is 12.6. The first-order chi connectivity index (χ1) is 12.9. The number of nitrogens with one attached hydrogen (secondary N) is 2. The van der Waals surface area contributed by atoms with Gasteiger partial charge in [-0.15, -0.1) is 0 Å². The maximum Gasteiger partial charge on any atom is 0.276 e. The van der Waals surface area contributed by atoms with E-state index in [-0.39, 0.29) is 6.61 Å². The lowest BCUT2D eigenvalue weighted by Gasteiger charge is -2.13. The lowest BCUT2D eigenvalue weighted by Crippen LogP contribution is -2.43. The van der Waals surface area contributed by atoms with Crippen LogP contribution < -0.4 is 20.3 Å². The van der Waals surface area contributed by atoms with Crippen molar-refractivity contribution in [1.29, 1.82) is 0 Å². The highest BCUT2D eigenvalue weighted by Gasteiger charge is 2.10. The Balaban J connectivity index is 1.84. The topological polar surface area (TPSA) is 76.7 Å². The number of hydrogen-bond acceptors (Lipinski definition) is 4. The Kier molecular flexibility index (Phi) is 7.23. The van der Waals surface area contributed by atoms with E-state index >= 15 is 0 Å². The van der Waals surface area contributed by atoms with Crippen LogP contribution in [0.2, 0.25) is 0 Å². The van der Waals surface area contributed by atoms with Crippen LogP contribution in [-0.4, -0.2) is 25.0 Å². The minimum Gasteiger partial charge on any atom is -0.493 e. The lowest BCUT2D eigenvalue weighted by atomic mass is 10.1. The van der Waals surface area contributed by atoms with E-state index in [9.17, 15) is 9.59 Å². The van der Waals surface area contributed by atoms with Gasteiger partial charge in [0.25, 0.3) is 11.8 Å². The van der Waals surface area contributed by atoms with Gasteiger partial charge in [-0.2, -0.15) is 0 Å². The van der Waals surface area contributed by atoms with Crippen LogP contribution in [0.1, 0.15) is 35.3 Å². The molecule has 0 atom stereocenters. The first-order valence-corrected chi connectivity index (χ1v) is 8.88. The molecule has 27 heavy (non-hydrogen) atoms. The minimum absolute atomic E-state index is 0.191. The van der Waals surface area contributed by atoms with Crippen LogP contribution in [-0.2, 0) is 4.79 Å². The van der Waals surface area contributed by atoms with Crippen molar-refractivity contribution in [2.24, 2.45) is 5.92 Å². The number of aryl methyl sites for hydroxylation is 2. The highest BCUT2D eigenvalue weighted by atomic mass is 16.5. The highest BCUT2D eigenvalue weighted by molar-refractivity contribution is 5.95. The summed E-state index contributed by atoms with van der Waals surface area (Å²) >= 11 is 0. The zero-order valence-electron chi connectivity index (χ0n) is 16.2. The standard InChI is InChI=1S/C21H26N2O4/c1-14(2)12-26-18-10-6-9-17(11-18)21(25)23-22-19(24)13-27-20-15(3)7-5-8-16(20)4/h5-11,14H,12-13H2,1-4H3,(H,22,24)(H,23,25). The largest absolute Gasteiger partial charge is 0.493 e. The fourth-order valence-electron chi connectivity index (χ4n) is 2.39. The van der Waals surface area contributed by atoms with Crippen molar-refractivity contribution >= 4 is 11.8 Å². The van der Waals surface area contributed by atoms with Gasteiger partial charge in [0, 0.05) is 5.56 Å². The first-order valence-electron chi connectivity index (χ1n) is 8.88. The summed E-state index contributed by atoms with van der Waals surface area (Å²) in [6.45, 7) is 8.30. The Labute approximate surface area is 159 Å². The van der Waals surface area contributed by atoms with Gasteiger partial charge in [0.1, 0.15) is 11.5 Å². The molecule has 144 valence electrons. The van der Waals surface area contributed by atoms with Crippen LogP contribution in [0.3, 0.4) is 0 Å². The maximum absolute atomic E-state index is 12.2. The second kappa shape index (κ2) is 9.62. The summed E-state index contributed by atoms with van der Waals surface area (Å²) in [4.78, 5) is 24.1. The quantitative estimate of drug-likeness (QED) is 0.734. The second-order valence-corrected chi connectivity index (χ2v) is 6.74. The molecule has 0 spiro atoms. The van der Waals surface area contributed by atoms with Crippen LogP contribution in [0.25, 0.3) is 0 Å². The van der Waals surface area contributed by atoms with Gasteiger partial charge >= 0.3 is 0 Å². The van der Waals surface area contributed by atoms with Gasteiger partial charge in [0.15, 0.2) is 6.61 Å². The van der Waals surface area contributed by atoms with Crippen LogP contribution in [0, 0.1) is 19.8 Å². The van der Waals surface area contributed by atoms with E-state index in [0.29, 0.717) is 29.6 Å². The number of hydrogen-bond donors (Lipinski definition) is 2. The fraction of sp³-hybridized carbons (Fsp3) is 0.333. The van der Waals surface area contributed by atoms with Crippen molar-refractivity contribution < 1.29 is 19.1 Å². The fourth-order valence-corrected chi connectivity index (χ4v) is 2.39. The highest BCUT2D eigenvalue weighted by Crippen LogP contribution is 2.22. The van der Waals surface area contributed by atoms with Gasteiger partial charge in [-0.05, 0) is 49.1 Å². The minimum atomic E-state index is -0.446. The van der Waals surface area contributed by atoms with E-state index in [1.54, 1.807) is 24.3 Å². The molecule has 0 heterocycles. The number of para-hydroxylation sites is 1. The summed E-state index contributed by atoms with van der Waals surface area (Å²) in [6.07, 6.45) is 0. The molecule has 2 amide bonds. The number of rotatable bonds is 7. The molecule has 0 radical (unpaired) electrons. The molecule has 6 nitrogen and oxygen atoms in total. The molecule has 0 saturated carbocycles. The Morgan fingerprint density at radius 2 is 1.63 bits per heavy atom. The number of carbonyl (C=O) groups is 2.